The summed E-state index contributed by atoms with van der Waals surface area (Å²) in [5, 5.41) is 5.08. The molecule has 0 spiro atoms. The molecule has 2 fully saturated rings. The zero-order valence-electron chi connectivity index (χ0n) is 17.6. The molecule has 2 aliphatic heterocycles. The molecule has 2 heterocycles. The summed E-state index contributed by atoms with van der Waals surface area (Å²) in [4.78, 5) is 42.8. The average Bonchev–Trinajstić information content (AvgIpc) is 3.04. The fraction of sp³-hybridized carbons (Fsp3) is 0.591. The Balaban J connectivity index is 1.31. The standard InChI is InChI=1S/C22H33N5O3/c28-20(24-22(30)23-16-19-8-4-3-5-9-19)17-25-12-14-26(15-13-25)18-21(29)27-10-6-1-2-7-11-27/h3-5,8-9H,1-2,6-7,10-18H2,(H2,23,24,28,30). The summed E-state index contributed by atoms with van der Waals surface area (Å²) in [6, 6.07) is 9.07. The minimum absolute atomic E-state index is 0.187. The van der Waals surface area contributed by atoms with Gasteiger partial charge in [0.25, 0.3) is 0 Å². The van der Waals surface area contributed by atoms with E-state index in [0.29, 0.717) is 26.2 Å². The van der Waals surface area contributed by atoms with Crippen molar-refractivity contribution in [1.29, 1.82) is 0 Å². The van der Waals surface area contributed by atoms with Gasteiger partial charge < -0.3 is 10.2 Å². The second kappa shape index (κ2) is 11.7. The highest BCUT2D eigenvalue weighted by atomic mass is 16.2. The molecule has 30 heavy (non-hydrogen) atoms. The van der Waals surface area contributed by atoms with Crippen LogP contribution in [0.3, 0.4) is 0 Å². The summed E-state index contributed by atoms with van der Waals surface area (Å²) >= 11 is 0. The van der Waals surface area contributed by atoms with Crippen molar-refractivity contribution in [1.82, 2.24) is 25.3 Å². The Kier molecular flexibility index (Phi) is 8.65. The van der Waals surface area contributed by atoms with Crippen molar-refractivity contribution < 1.29 is 14.4 Å². The molecule has 0 saturated carbocycles. The largest absolute Gasteiger partial charge is 0.342 e. The first-order chi connectivity index (χ1) is 14.6. The molecule has 1 aromatic rings. The van der Waals surface area contributed by atoms with Gasteiger partial charge in [-0.15, -0.1) is 0 Å². The summed E-state index contributed by atoms with van der Waals surface area (Å²) in [6.07, 6.45) is 4.64. The number of nitrogens with zero attached hydrogens (tertiary/aromatic N) is 3. The average molecular weight is 416 g/mol. The maximum atomic E-state index is 12.5. The fourth-order valence-electron chi connectivity index (χ4n) is 3.91. The topological polar surface area (TPSA) is 85.0 Å². The van der Waals surface area contributed by atoms with Gasteiger partial charge in [-0.1, -0.05) is 43.2 Å². The monoisotopic (exact) mass is 415 g/mol. The predicted molar refractivity (Wildman–Crippen MR) is 115 cm³/mol. The zero-order valence-corrected chi connectivity index (χ0v) is 17.6. The third kappa shape index (κ3) is 7.42. The summed E-state index contributed by atoms with van der Waals surface area (Å²) in [6.45, 7) is 5.73. The molecule has 2 saturated heterocycles. The molecule has 0 unspecified atom stereocenters. The number of benzene rings is 1. The lowest BCUT2D eigenvalue weighted by atomic mass is 10.2. The molecule has 2 aliphatic rings. The van der Waals surface area contributed by atoms with Gasteiger partial charge in [0.15, 0.2) is 0 Å². The van der Waals surface area contributed by atoms with Crippen molar-refractivity contribution in [2.24, 2.45) is 0 Å². The Labute approximate surface area is 178 Å². The van der Waals surface area contributed by atoms with Gasteiger partial charge in [0.1, 0.15) is 0 Å². The molecular weight excluding hydrogens is 382 g/mol. The van der Waals surface area contributed by atoms with E-state index in [-0.39, 0.29) is 18.4 Å². The minimum Gasteiger partial charge on any atom is -0.342 e. The number of nitrogens with one attached hydrogen (secondary N) is 2. The van der Waals surface area contributed by atoms with Crippen LogP contribution < -0.4 is 10.6 Å². The highest BCUT2D eigenvalue weighted by molar-refractivity contribution is 5.95. The Morgan fingerprint density at radius 2 is 1.37 bits per heavy atom. The van der Waals surface area contributed by atoms with Crippen molar-refractivity contribution in [3.05, 3.63) is 35.9 Å². The second-order valence-electron chi connectivity index (χ2n) is 8.06. The molecule has 0 aromatic heterocycles. The summed E-state index contributed by atoms with van der Waals surface area (Å²) in [5.74, 6) is -0.0900. The molecule has 0 aliphatic carbocycles. The van der Waals surface area contributed by atoms with E-state index in [1.54, 1.807) is 0 Å². The summed E-state index contributed by atoms with van der Waals surface area (Å²) in [5.41, 5.74) is 0.978. The van der Waals surface area contributed by atoms with Crippen LogP contribution in [-0.4, -0.2) is 84.9 Å². The number of hydrogen-bond donors (Lipinski definition) is 2. The molecule has 2 N–H and O–H groups in total. The highest BCUT2D eigenvalue weighted by Gasteiger charge is 2.23. The fourth-order valence-corrected chi connectivity index (χ4v) is 3.91. The van der Waals surface area contributed by atoms with Crippen LogP contribution in [0.15, 0.2) is 30.3 Å². The van der Waals surface area contributed by atoms with E-state index in [1.807, 2.05) is 40.1 Å². The maximum absolute atomic E-state index is 12.5. The van der Waals surface area contributed by atoms with Gasteiger partial charge in [-0.2, -0.15) is 0 Å². The Bertz CT molecular complexity index is 696. The van der Waals surface area contributed by atoms with E-state index in [0.717, 1.165) is 44.6 Å². The van der Waals surface area contributed by atoms with E-state index in [9.17, 15) is 14.4 Å². The van der Waals surface area contributed by atoms with Crippen LogP contribution in [0.25, 0.3) is 0 Å². The summed E-state index contributed by atoms with van der Waals surface area (Å²) < 4.78 is 0. The number of hydrogen-bond acceptors (Lipinski definition) is 5. The van der Waals surface area contributed by atoms with Gasteiger partial charge in [-0.25, -0.2) is 4.79 Å². The first kappa shape index (κ1) is 22.2. The van der Waals surface area contributed by atoms with Crippen LogP contribution in [0.4, 0.5) is 4.79 Å². The van der Waals surface area contributed by atoms with Crippen LogP contribution in [-0.2, 0) is 16.1 Å². The normalized spacial score (nSPS) is 18.5. The SMILES string of the molecule is O=C(CN1CCN(CC(=O)N2CCCCCC2)CC1)NC(=O)NCc1ccccc1. The molecular formula is C22H33N5O3. The third-order valence-electron chi connectivity index (χ3n) is 5.70. The molecule has 1 aromatic carbocycles. The molecule has 8 nitrogen and oxygen atoms in total. The van der Waals surface area contributed by atoms with Crippen molar-refractivity contribution in [2.45, 2.75) is 32.2 Å². The quantitative estimate of drug-likeness (QED) is 0.725. The van der Waals surface area contributed by atoms with Gasteiger partial charge in [0.05, 0.1) is 13.1 Å². The molecule has 8 heteroatoms. The molecule has 0 bridgehead atoms. The van der Waals surface area contributed by atoms with Crippen molar-refractivity contribution in [3.63, 3.8) is 0 Å². The highest BCUT2D eigenvalue weighted by Crippen LogP contribution is 2.11. The van der Waals surface area contributed by atoms with Gasteiger partial charge in [0.2, 0.25) is 11.8 Å². The van der Waals surface area contributed by atoms with Crippen LogP contribution in [0.2, 0.25) is 0 Å². The Hall–Kier alpha value is -2.45. The van der Waals surface area contributed by atoms with E-state index in [2.05, 4.69) is 15.5 Å². The number of piperazine rings is 1. The molecule has 164 valence electrons. The molecule has 0 radical (unpaired) electrons. The molecule has 4 amide bonds. The van der Waals surface area contributed by atoms with E-state index in [4.69, 9.17) is 0 Å². The lowest BCUT2D eigenvalue weighted by Crippen LogP contribution is -2.52. The number of likely N-dealkylation sites (tertiary alicyclic amines) is 1. The van der Waals surface area contributed by atoms with E-state index >= 15 is 0 Å². The van der Waals surface area contributed by atoms with Crippen LogP contribution in [0.1, 0.15) is 31.2 Å². The maximum Gasteiger partial charge on any atom is 0.321 e. The number of carbonyl (C=O) groups is 3. The Morgan fingerprint density at radius 3 is 2.00 bits per heavy atom. The van der Waals surface area contributed by atoms with Crippen molar-refractivity contribution in [2.75, 3.05) is 52.4 Å². The first-order valence-electron chi connectivity index (χ1n) is 10.9. The Morgan fingerprint density at radius 1 is 0.767 bits per heavy atom. The van der Waals surface area contributed by atoms with E-state index in [1.165, 1.54) is 12.8 Å². The van der Waals surface area contributed by atoms with Gasteiger partial charge in [-0.05, 0) is 18.4 Å². The zero-order chi connectivity index (χ0) is 21.2. The van der Waals surface area contributed by atoms with Crippen LogP contribution in [0, 0.1) is 0 Å². The van der Waals surface area contributed by atoms with Gasteiger partial charge in [0, 0.05) is 45.8 Å². The smallest absolute Gasteiger partial charge is 0.321 e. The second-order valence-corrected chi connectivity index (χ2v) is 8.06. The number of carbonyl (C=O) groups excluding carboxylic acids is 3. The summed E-state index contributed by atoms with van der Waals surface area (Å²) in [7, 11) is 0. The lowest BCUT2D eigenvalue weighted by Gasteiger charge is -2.34. The number of urea groups is 1. The number of rotatable bonds is 6. The number of amides is 4. The van der Waals surface area contributed by atoms with Crippen molar-refractivity contribution >= 4 is 17.8 Å². The third-order valence-corrected chi connectivity index (χ3v) is 5.70. The van der Waals surface area contributed by atoms with E-state index < -0.39 is 6.03 Å². The van der Waals surface area contributed by atoms with Crippen LogP contribution >= 0.6 is 0 Å². The predicted octanol–water partition coefficient (Wildman–Crippen LogP) is 1.03. The molecule has 3 rings (SSSR count). The van der Waals surface area contributed by atoms with Gasteiger partial charge >= 0.3 is 6.03 Å². The number of imide groups is 1. The lowest BCUT2D eigenvalue weighted by molar-refractivity contribution is -0.133. The molecule has 0 atom stereocenters. The first-order valence-corrected chi connectivity index (χ1v) is 10.9. The van der Waals surface area contributed by atoms with Crippen molar-refractivity contribution in [3.8, 4) is 0 Å². The van der Waals surface area contributed by atoms with Crippen LogP contribution in [0.5, 0.6) is 0 Å². The minimum atomic E-state index is -0.481. The van der Waals surface area contributed by atoms with Gasteiger partial charge in [-0.3, -0.25) is 24.7 Å².